The van der Waals surface area contributed by atoms with Crippen molar-refractivity contribution in [1.82, 2.24) is 4.98 Å². The summed E-state index contributed by atoms with van der Waals surface area (Å²) in [5.41, 5.74) is -2.55. The van der Waals surface area contributed by atoms with Gasteiger partial charge in [0.25, 0.3) is 0 Å². The Balaban J connectivity index is 1.95. The molecule has 0 radical (unpaired) electrons. The molecule has 3 rings (SSSR count). The zero-order valence-corrected chi connectivity index (χ0v) is 17.4. The molecular weight excluding hydrogens is 429 g/mol. The van der Waals surface area contributed by atoms with E-state index in [9.17, 15) is 18.3 Å². The highest BCUT2D eigenvalue weighted by molar-refractivity contribution is 6.31. The van der Waals surface area contributed by atoms with E-state index in [-0.39, 0.29) is 16.1 Å². The summed E-state index contributed by atoms with van der Waals surface area (Å²) in [6.45, 7) is 2.82. The van der Waals surface area contributed by atoms with Crippen LogP contribution in [-0.4, -0.2) is 16.3 Å². The summed E-state index contributed by atoms with van der Waals surface area (Å²) >= 11 is 6.30. The number of hydrogen-bond acceptors (Lipinski definition) is 4. The van der Waals surface area contributed by atoms with Crippen molar-refractivity contribution in [2.24, 2.45) is 0 Å². The molecule has 2 atom stereocenters. The Kier molecular flexibility index (Phi) is 6.25. The van der Waals surface area contributed by atoms with E-state index < -0.39 is 17.7 Å². The number of hydrogen-bond donors (Lipinski definition) is 1. The molecule has 0 spiro atoms. The quantitative estimate of drug-likeness (QED) is 0.502. The number of aliphatic hydroxyl groups is 1. The highest BCUT2D eigenvalue weighted by Crippen LogP contribution is 2.50. The van der Waals surface area contributed by atoms with Crippen LogP contribution in [0.5, 0.6) is 11.5 Å². The van der Waals surface area contributed by atoms with Crippen molar-refractivity contribution in [3.63, 3.8) is 0 Å². The highest BCUT2D eigenvalue weighted by Gasteiger charge is 2.59. The monoisotopic (exact) mass is 446 g/mol. The molecule has 31 heavy (non-hydrogen) atoms. The van der Waals surface area contributed by atoms with Crippen LogP contribution in [0.3, 0.4) is 0 Å². The summed E-state index contributed by atoms with van der Waals surface area (Å²) in [4.78, 5) is 3.91. The molecule has 0 aliphatic carbocycles. The molecule has 1 heterocycles. The lowest BCUT2D eigenvalue weighted by molar-refractivity contribution is -0.274. The summed E-state index contributed by atoms with van der Waals surface area (Å²) in [6.07, 6.45) is -3.73. The van der Waals surface area contributed by atoms with Gasteiger partial charge in [0, 0.05) is 22.8 Å². The number of rotatable bonds is 5. The maximum absolute atomic E-state index is 14.1. The molecule has 0 saturated heterocycles. The van der Waals surface area contributed by atoms with Gasteiger partial charge in [0.15, 0.2) is 5.60 Å². The van der Waals surface area contributed by atoms with Crippen molar-refractivity contribution >= 4 is 11.6 Å². The molecule has 2 aromatic carbocycles. The van der Waals surface area contributed by atoms with Crippen molar-refractivity contribution in [2.45, 2.75) is 31.5 Å². The second-order valence-corrected chi connectivity index (χ2v) is 7.50. The minimum absolute atomic E-state index is 0.0205. The molecule has 0 bridgehead atoms. The highest BCUT2D eigenvalue weighted by atomic mass is 35.5. The van der Waals surface area contributed by atoms with Gasteiger partial charge in [0.05, 0.1) is 11.6 Å². The molecule has 8 heteroatoms. The van der Waals surface area contributed by atoms with Crippen molar-refractivity contribution in [3.05, 3.63) is 88.2 Å². The molecule has 0 aliphatic rings. The third-order valence-corrected chi connectivity index (χ3v) is 5.38. The number of aromatic nitrogens is 1. The number of aryl methyl sites for hydroxylation is 1. The third-order valence-electron chi connectivity index (χ3n) is 5.05. The lowest BCUT2D eigenvalue weighted by atomic mass is 9.78. The van der Waals surface area contributed by atoms with E-state index in [4.69, 9.17) is 21.6 Å². The van der Waals surface area contributed by atoms with Crippen LogP contribution in [0.15, 0.2) is 60.8 Å². The molecule has 1 aromatic heterocycles. The van der Waals surface area contributed by atoms with Crippen molar-refractivity contribution < 1.29 is 23.0 Å². The Labute approximate surface area is 182 Å². The fraction of sp³-hybridized carbons (Fsp3) is 0.217. The molecule has 2 unspecified atom stereocenters. The standard InChI is InChI=1S/C23H18ClF3N2O2/c1-14-11-17(9-10-29-14)22(30,23(25,26)27)15(2)20-8-7-19(12-21(20)24)31-18-5-3-16(13-28)4-6-18/h3-12,15,30H,1-2H3. The van der Waals surface area contributed by atoms with E-state index in [2.05, 4.69) is 4.98 Å². The van der Waals surface area contributed by atoms with Gasteiger partial charge in [0.2, 0.25) is 0 Å². The molecule has 4 nitrogen and oxygen atoms in total. The second-order valence-electron chi connectivity index (χ2n) is 7.09. The largest absolute Gasteiger partial charge is 0.457 e. The molecule has 1 N–H and O–H groups in total. The fourth-order valence-corrected chi connectivity index (χ4v) is 3.66. The molecule has 0 saturated carbocycles. The lowest BCUT2D eigenvalue weighted by Gasteiger charge is -2.37. The van der Waals surface area contributed by atoms with Gasteiger partial charge in [-0.15, -0.1) is 0 Å². The fourth-order valence-electron chi connectivity index (χ4n) is 3.32. The summed E-state index contributed by atoms with van der Waals surface area (Å²) < 4.78 is 47.8. The van der Waals surface area contributed by atoms with Crippen LogP contribution in [0.25, 0.3) is 0 Å². The smallest absolute Gasteiger partial charge is 0.422 e. The van der Waals surface area contributed by atoms with Crippen LogP contribution in [0.2, 0.25) is 5.02 Å². The first kappa shape index (κ1) is 22.6. The van der Waals surface area contributed by atoms with Gasteiger partial charge in [-0.05, 0) is 66.6 Å². The molecule has 160 valence electrons. The Hall–Kier alpha value is -3.08. The molecule has 3 aromatic rings. The van der Waals surface area contributed by atoms with E-state index in [0.29, 0.717) is 22.8 Å². The van der Waals surface area contributed by atoms with Gasteiger partial charge in [-0.25, -0.2) is 0 Å². The van der Waals surface area contributed by atoms with Crippen LogP contribution in [0, 0.1) is 18.3 Å². The maximum Gasteiger partial charge on any atom is 0.422 e. The van der Waals surface area contributed by atoms with Gasteiger partial charge >= 0.3 is 6.18 Å². The Bertz CT molecular complexity index is 1130. The molecule has 0 aliphatic heterocycles. The van der Waals surface area contributed by atoms with E-state index >= 15 is 0 Å². The minimum Gasteiger partial charge on any atom is -0.457 e. The minimum atomic E-state index is -4.96. The van der Waals surface area contributed by atoms with Gasteiger partial charge in [-0.2, -0.15) is 18.4 Å². The van der Waals surface area contributed by atoms with E-state index in [1.54, 1.807) is 31.2 Å². The van der Waals surface area contributed by atoms with Gasteiger partial charge in [-0.3, -0.25) is 4.98 Å². The van der Waals surface area contributed by atoms with Crippen LogP contribution < -0.4 is 4.74 Å². The van der Waals surface area contributed by atoms with Crippen molar-refractivity contribution in [3.8, 4) is 17.6 Å². The molecule has 0 fully saturated rings. The van der Waals surface area contributed by atoms with Crippen LogP contribution in [0.4, 0.5) is 13.2 Å². The van der Waals surface area contributed by atoms with Crippen molar-refractivity contribution in [1.29, 1.82) is 5.26 Å². The first-order valence-corrected chi connectivity index (χ1v) is 9.63. The van der Waals surface area contributed by atoms with E-state index in [1.807, 2.05) is 6.07 Å². The topological polar surface area (TPSA) is 66.1 Å². The lowest BCUT2D eigenvalue weighted by Crippen LogP contribution is -2.46. The number of benzene rings is 2. The Morgan fingerprint density at radius 1 is 1.06 bits per heavy atom. The van der Waals surface area contributed by atoms with Gasteiger partial charge in [-0.1, -0.05) is 24.6 Å². The van der Waals surface area contributed by atoms with E-state index in [0.717, 1.165) is 6.07 Å². The zero-order chi connectivity index (χ0) is 22.8. The number of alkyl halides is 3. The zero-order valence-electron chi connectivity index (χ0n) is 16.6. The third kappa shape index (κ3) is 4.50. The van der Waals surface area contributed by atoms with Crippen LogP contribution >= 0.6 is 11.6 Å². The number of pyridine rings is 1. The van der Waals surface area contributed by atoms with E-state index in [1.165, 1.54) is 37.4 Å². The van der Waals surface area contributed by atoms with Crippen molar-refractivity contribution in [2.75, 3.05) is 0 Å². The normalized spacial score (nSPS) is 14.4. The van der Waals surface area contributed by atoms with Gasteiger partial charge in [0.1, 0.15) is 11.5 Å². The predicted molar refractivity (Wildman–Crippen MR) is 110 cm³/mol. The maximum atomic E-state index is 14.1. The Morgan fingerprint density at radius 2 is 1.71 bits per heavy atom. The molecule has 0 amide bonds. The number of nitriles is 1. The average molecular weight is 447 g/mol. The summed E-state index contributed by atoms with van der Waals surface area (Å²) in [7, 11) is 0. The summed E-state index contributed by atoms with van der Waals surface area (Å²) in [5.74, 6) is -0.665. The number of ether oxygens (including phenoxy) is 1. The first-order chi connectivity index (χ1) is 14.6. The molecular formula is C23H18ClF3N2O2. The van der Waals surface area contributed by atoms with Gasteiger partial charge < -0.3 is 9.84 Å². The Morgan fingerprint density at radius 3 is 2.26 bits per heavy atom. The predicted octanol–water partition coefficient (Wildman–Crippen LogP) is 6.26. The summed E-state index contributed by atoms with van der Waals surface area (Å²) in [5, 5.41) is 19.7. The first-order valence-electron chi connectivity index (χ1n) is 9.26. The van der Waals surface area contributed by atoms with Crippen LogP contribution in [0.1, 0.15) is 35.2 Å². The SMILES string of the molecule is Cc1cc(C(O)(C(C)c2ccc(Oc3ccc(C#N)cc3)cc2Cl)C(F)(F)F)ccn1. The number of halogens is 4. The van der Waals surface area contributed by atoms with Crippen LogP contribution in [-0.2, 0) is 5.60 Å². The number of nitrogens with zero attached hydrogens (tertiary/aromatic N) is 2. The average Bonchev–Trinajstić information content (AvgIpc) is 2.72. The second kappa shape index (κ2) is 8.58. The summed E-state index contributed by atoms with van der Waals surface area (Å²) in [6, 6.07) is 15.0.